The van der Waals surface area contributed by atoms with Gasteiger partial charge in [0.1, 0.15) is 11.1 Å². The van der Waals surface area contributed by atoms with Gasteiger partial charge < -0.3 is 14.5 Å². The number of rotatable bonds is 5. The van der Waals surface area contributed by atoms with Gasteiger partial charge in [-0.05, 0) is 6.07 Å². The maximum Gasteiger partial charge on any atom is 0.233 e. The Balaban J connectivity index is 2.15. The number of para-hydroxylation sites is 1. The van der Waals surface area contributed by atoms with Gasteiger partial charge in [-0.15, -0.1) is 11.8 Å². The molecule has 0 aliphatic carbocycles. The van der Waals surface area contributed by atoms with Crippen LogP contribution in [0, 0.1) is 0 Å². The number of hydrogen-bond donors (Lipinski definition) is 0. The van der Waals surface area contributed by atoms with E-state index in [0.717, 1.165) is 11.3 Å². The molecule has 6 heteroatoms. The lowest BCUT2D eigenvalue weighted by Gasteiger charge is -2.25. The van der Waals surface area contributed by atoms with E-state index in [0.29, 0.717) is 18.7 Å². The Bertz CT molecular complexity index is 533. The highest BCUT2D eigenvalue weighted by Crippen LogP contribution is 2.42. The average molecular weight is 308 g/mol. The largest absolute Gasteiger partial charge is 0.496 e. The summed E-state index contributed by atoms with van der Waals surface area (Å²) in [6, 6.07) is 7.70. The summed E-state index contributed by atoms with van der Waals surface area (Å²) in [5, 5.41) is -0.0800. The number of ether oxygens (including phenoxy) is 1. The van der Waals surface area contributed by atoms with Gasteiger partial charge in [0.05, 0.1) is 12.9 Å². The molecule has 1 saturated heterocycles. The van der Waals surface area contributed by atoms with Crippen LogP contribution in [0.4, 0.5) is 0 Å². The van der Waals surface area contributed by atoms with E-state index in [1.165, 1.54) is 0 Å². The van der Waals surface area contributed by atoms with Crippen LogP contribution in [0.25, 0.3) is 0 Å². The molecule has 1 fully saturated rings. The number of thioether (sulfide) groups is 1. The molecule has 5 nitrogen and oxygen atoms in total. The standard InChI is InChI=1S/C15H20N2O3S/c1-16(2)13(18)8-9-17-14(19)10-21-15(17)11-6-4-5-7-12(11)20-3/h4-7,15H,8-10H2,1-3H3/t15-/m1/s1. The third kappa shape index (κ3) is 3.50. The molecule has 2 rings (SSSR count). The lowest BCUT2D eigenvalue weighted by Crippen LogP contribution is -2.33. The number of hydrogen-bond acceptors (Lipinski definition) is 4. The number of benzene rings is 1. The zero-order valence-electron chi connectivity index (χ0n) is 12.5. The molecule has 0 unspecified atom stereocenters. The van der Waals surface area contributed by atoms with E-state index in [4.69, 9.17) is 4.74 Å². The molecule has 0 aromatic heterocycles. The van der Waals surface area contributed by atoms with Crippen LogP contribution >= 0.6 is 11.8 Å². The van der Waals surface area contributed by atoms with Crippen molar-refractivity contribution in [2.75, 3.05) is 33.5 Å². The first kappa shape index (κ1) is 15.7. The van der Waals surface area contributed by atoms with Gasteiger partial charge in [0.15, 0.2) is 0 Å². The van der Waals surface area contributed by atoms with Crippen LogP contribution in [0.2, 0.25) is 0 Å². The Kier molecular flexibility index (Phi) is 5.12. The van der Waals surface area contributed by atoms with E-state index in [2.05, 4.69) is 0 Å². The molecule has 21 heavy (non-hydrogen) atoms. The summed E-state index contributed by atoms with van der Waals surface area (Å²) in [5.74, 6) is 1.31. The number of nitrogens with zero attached hydrogens (tertiary/aromatic N) is 2. The van der Waals surface area contributed by atoms with Gasteiger partial charge >= 0.3 is 0 Å². The smallest absolute Gasteiger partial charge is 0.233 e. The third-order valence-electron chi connectivity index (χ3n) is 3.44. The van der Waals surface area contributed by atoms with Crippen LogP contribution in [0.5, 0.6) is 5.75 Å². The number of carbonyl (C=O) groups excluding carboxylic acids is 2. The minimum absolute atomic E-state index is 0.0264. The van der Waals surface area contributed by atoms with Crippen molar-refractivity contribution >= 4 is 23.6 Å². The lowest BCUT2D eigenvalue weighted by molar-refractivity contribution is -0.131. The Hall–Kier alpha value is -1.69. The molecule has 1 aliphatic heterocycles. The van der Waals surface area contributed by atoms with Crippen LogP contribution in [-0.2, 0) is 9.59 Å². The Morgan fingerprint density at radius 1 is 1.43 bits per heavy atom. The van der Waals surface area contributed by atoms with Crippen molar-refractivity contribution in [1.82, 2.24) is 9.80 Å². The molecule has 1 aromatic rings. The summed E-state index contributed by atoms with van der Waals surface area (Å²) < 4.78 is 5.38. The average Bonchev–Trinajstić information content (AvgIpc) is 2.85. The van der Waals surface area contributed by atoms with Crippen molar-refractivity contribution < 1.29 is 14.3 Å². The van der Waals surface area contributed by atoms with Gasteiger partial charge in [0, 0.05) is 32.6 Å². The second-order valence-electron chi connectivity index (χ2n) is 5.03. The molecule has 1 aliphatic rings. The summed E-state index contributed by atoms with van der Waals surface area (Å²) in [7, 11) is 5.07. The summed E-state index contributed by atoms with van der Waals surface area (Å²) in [5.41, 5.74) is 0.980. The molecular formula is C15H20N2O3S. The van der Waals surface area contributed by atoms with Crippen molar-refractivity contribution in [2.45, 2.75) is 11.8 Å². The topological polar surface area (TPSA) is 49.9 Å². The molecule has 0 spiro atoms. The second-order valence-corrected chi connectivity index (χ2v) is 6.10. The van der Waals surface area contributed by atoms with Crippen molar-refractivity contribution in [3.8, 4) is 5.75 Å². The normalized spacial score (nSPS) is 18.0. The molecule has 2 amide bonds. The molecule has 0 bridgehead atoms. The fourth-order valence-electron chi connectivity index (χ4n) is 2.26. The molecule has 1 heterocycles. The fraction of sp³-hybridized carbons (Fsp3) is 0.467. The highest BCUT2D eigenvalue weighted by molar-refractivity contribution is 8.00. The van der Waals surface area contributed by atoms with E-state index in [-0.39, 0.29) is 17.2 Å². The van der Waals surface area contributed by atoms with Crippen molar-refractivity contribution in [3.63, 3.8) is 0 Å². The van der Waals surface area contributed by atoms with Gasteiger partial charge in [-0.2, -0.15) is 0 Å². The van der Waals surface area contributed by atoms with E-state index in [1.54, 1.807) is 42.8 Å². The predicted octanol–water partition coefficient (Wildman–Crippen LogP) is 1.75. The quantitative estimate of drug-likeness (QED) is 0.831. The van der Waals surface area contributed by atoms with E-state index >= 15 is 0 Å². The zero-order valence-corrected chi connectivity index (χ0v) is 13.4. The molecule has 1 aromatic carbocycles. The Labute approximate surface area is 129 Å². The van der Waals surface area contributed by atoms with Crippen molar-refractivity contribution in [1.29, 1.82) is 0 Å². The highest BCUT2D eigenvalue weighted by atomic mass is 32.2. The Morgan fingerprint density at radius 3 is 2.81 bits per heavy atom. The molecule has 1 atom stereocenters. The van der Waals surface area contributed by atoms with E-state index < -0.39 is 0 Å². The van der Waals surface area contributed by atoms with Crippen molar-refractivity contribution in [3.05, 3.63) is 29.8 Å². The number of amides is 2. The van der Waals surface area contributed by atoms with Gasteiger partial charge in [-0.3, -0.25) is 9.59 Å². The van der Waals surface area contributed by atoms with Crippen LogP contribution in [0.3, 0.4) is 0 Å². The fourth-order valence-corrected chi connectivity index (χ4v) is 3.51. The minimum Gasteiger partial charge on any atom is -0.496 e. The monoisotopic (exact) mass is 308 g/mol. The van der Waals surface area contributed by atoms with Gasteiger partial charge in [0.2, 0.25) is 11.8 Å². The molecule has 0 saturated carbocycles. The molecule has 114 valence electrons. The molecule has 0 radical (unpaired) electrons. The van der Waals surface area contributed by atoms with Crippen LogP contribution < -0.4 is 4.74 Å². The van der Waals surface area contributed by atoms with Gasteiger partial charge in [0.25, 0.3) is 0 Å². The summed E-state index contributed by atoms with van der Waals surface area (Å²) >= 11 is 1.57. The van der Waals surface area contributed by atoms with Crippen LogP contribution in [0.15, 0.2) is 24.3 Å². The molecular weight excluding hydrogens is 288 g/mol. The first-order valence-electron chi connectivity index (χ1n) is 6.78. The highest BCUT2D eigenvalue weighted by Gasteiger charge is 2.34. The number of methoxy groups -OCH3 is 1. The number of carbonyl (C=O) groups is 2. The predicted molar refractivity (Wildman–Crippen MR) is 83.2 cm³/mol. The van der Waals surface area contributed by atoms with Crippen LogP contribution in [-0.4, -0.2) is 55.1 Å². The minimum atomic E-state index is -0.0800. The summed E-state index contributed by atoms with van der Waals surface area (Å²) in [6.07, 6.45) is 0.338. The first-order chi connectivity index (χ1) is 10.0. The summed E-state index contributed by atoms with van der Waals surface area (Å²) in [4.78, 5) is 27.1. The lowest BCUT2D eigenvalue weighted by atomic mass is 10.1. The zero-order chi connectivity index (χ0) is 15.4. The van der Waals surface area contributed by atoms with E-state index in [1.807, 2.05) is 24.3 Å². The maximum atomic E-state index is 12.1. The van der Waals surface area contributed by atoms with Crippen LogP contribution in [0.1, 0.15) is 17.4 Å². The van der Waals surface area contributed by atoms with Gasteiger partial charge in [-0.25, -0.2) is 0 Å². The van der Waals surface area contributed by atoms with Crippen molar-refractivity contribution in [2.24, 2.45) is 0 Å². The SMILES string of the molecule is COc1ccccc1[C@H]1SCC(=O)N1CCC(=O)N(C)C. The van der Waals surface area contributed by atoms with Gasteiger partial charge in [-0.1, -0.05) is 18.2 Å². The first-order valence-corrected chi connectivity index (χ1v) is 7.83. The molecule has 0 N–H and O–H groups in total. The second kappa shape index (κ2) is 6.85. The maximum absolute atomic E-state index is 12.1. The van der Waals surface area contributed by atoms with E-state index in [9.17, 15) is 9.59 Å². The third-order valence-corrected chi connectivity index (χ3v) is 4.68. The summed E-state index contributed by atoms with van der Waals surface area (Å²) in [6.45, 7) is 0.436. The Morgan fingerprint density at radius 2 is 2.14 bits per heavy atom.